The number of anilines is 1. The van der Waals surface area contributed by atoms with Crippen molar-refractivity contribution in [2.24, 2.45) is 0 Å². The van der Waals surface area contributed by atoms with Crippen molar-refractivity contribution in [2.45, 2.75) is 26.2 Å². The van der Waals surface area contributed by atoms with Crippen molar-refractivity contribution < 1.29 is 14.0 Å². The molecule has 0 bridgehead atoms. The third-order valence-electron chi connectivity index (χ3n) is 3.68. The zero-order chi connectivity index (χ0) is 17.9. The summed E-state index contributed by atoms with van der Waals surface area (Å²) in [6.07, 6.45) is 6.76. The van der Waals surface area contributed by atoms with Crippen LogP contribution in [0.4, 0.5) is 5.69 Å². The molecule has 0 saturated carbocycles. The first kappa shape index (κ1) is 18.5. The van der Waals surface area contributed by atoms with Crippen LogP contribution < -0.4 is 10.2 Å². The predicted octanol–water partition coefficient (Wildman–Crippen LogP) is 3.63. The molecular weight excluding hydrogens is 316 g/mol. The number of carbonyl (C=O) groups excluding carboxylic acids is 2. The summed E-state index contributed by atoms with van der Waals surface area (Å²) < 4.78 is 5.12. The molecule has 5 heteroatoms. The highest BCUT2D eigenvalue weighted by Crippen LogP contribution is 2.15. The summed E-state index contributed by atoms with van der Waals surface area (Å²) in [7, 11) is 0. The Labute approximate surface area is 148 Å². The lowest BCUT2D eigenvalue weighted by Crippen LogP contribution is -2.35. The van der Waals surface area contributed by atoms with Gasteiger partial charge in [-0.15, -0.1) is 0 Å². The Morgan fingerprint density at radius 1 is 1.16 bits per heavy atom. The monoisotopic (exact) mass is 340 g/mol. The largest absolute Gasteiger partial charge is 0.465 e. The molecule has 1 aromatic heterocycles. The van der Waals surface area contributed by atoms with Gasteiger partial charge in [0.25, 0.3) is 0 Å². The van der Waals surface area contributed by atoms with Crippen molar-refractivity contribution in [1.82, 2.24) is 5.32 Å². The van der Waals surface area contributed by atoms with E-state index in [9.17, 15) is 9.59 Å². The maximum atomic E-state index is 12.5. The summed E-state index contributed by atoms with van der Waals surface area (Å²) in [6, 6.07) is 13.1. The zero-order valence-corrected chi connectivity index (χ0v) is 14.5. The summed E-state index contributed by atoms with van der Waals surface area (Å²) in [5.74, 6) is 0.375. The third-order valence-corrected chi connectivity index (χ3v) is 3.68. The normalized spacial score (nSPS) is 10.8. The van der Waals surface area contributed by atoms with Gasteiger partial charge in [0, 0.05) is 31.3 Å². The zero-order valence-electron chi connectivity index (χ0n) is 14.5. The molecule has 2 aromatic rings. The molecule has 1 N–H and O–H groups in total. The molecule has 0 saturated heterocycles. The number of unbranched alkanes of at least 4 members (excludes halogenated alkanes) is 1. The number of nitrogens with one attached hydrogen (secondary N) is 1. The molecule has 2 amide bonds. The number of furan rings is 1. The van der Waals surface area contributed by atoms with Gasteiger partial charge in [0.2, 0.25) is 11.8 Å². The lowest BCUT2D eigenvalue weighted by molar-refractivity contribution is -0.119. The van der Waals surface area contributed by atoms with Gasteiger partial charge >= 0.3 is 0 Å². The number of amides is 2. The molecule has 0 fully saturated rings. The van der Waals surface area contributed by atoms with Crippen molar-refractivity contribution in [3.63, 3.8) is 0 Å². The van der Waals surface area contributed by atoms with Crippen LogP contribution in [0.3, 0.4) is 0 Å². The Kier molecular flexibility index (Phi) is 7.50. The first-order valence-corrected chi connectivity index (χ1v) is 8.55. The Hall–Kier alpha value is -2.82. The summed E-state index contributed by atoms with van der Waals surface area (Å²) in [5, 5.41) is 2.72. The Bertz CT molecular complexity index is 678. The van der Waals surface area contributed by atoms with Gasteiger partial charge in [-0.05, 0) is 36.8 Å². The van der Waals surface area contributed by atoms with E-state index in [1.807, 2.05) is 30.3 Å². The second-order valence-corrected chi connectivity index (χ2v) is 5.62. The molecular formula is C20H24N2O3. The molecule has 0 aliphatic heterocycles. The van der Waals surface area contributed by atoms with Crippen molar-refractivity contribution in [2.75, 3.05) is 18.0 Å². The molecule has 2 rings (SSSR count). The van der Waals surface area contributed by atoms with E-state index in [2.05, 4.69) is 12.2 Å². The molecule has 5 nitrogen and oxygen atoms in total. The van der Waals surface area contributed by atoms with E-state index >= 15 is 0 Å². The van der Waals surface area contributed by atoms with Crippen molar-refractivity contribution >= 4 is 23.6 Å². The number of rotatable bonds is 9. The van der Waals surface area contributed by atoms with Gasteiger partial charge < -0.3 is 14.6 Å². The van der Waals surface area contributed by atoms with Gasteiger partial charge in [0.15, 0.2) is 0 Å². The second-order valence-electron chi connectivity index (χ2n) is 5.62. The first-order valence-electron chi connectivity index (χ1n) is 8.55. The van der Waals surface area contributed by atoms with Crippen molar-refractivity contribution in [3.8, 4) is 0 Å². The van der Waals surface area contributed by atoms with Gasteiger partial charge in [-0.3, -0.25) is 9.59 Å². The average molecular weight is 340 g/mol. The van der Waals surface area contributed by atoms with Crippen LogP contribution in [-0.2, 0) is 9.59 Å². The fraction of sp³-hybridized carbons (Fsp3) is 0.300. The van der Waals surface area contributed by atoms with Crippen LogP contribution in [0.1, 0.15) is 31.9 Å². The van der Waals surface area contributed by atoms with E-state index in [4.69, 9.17) is 4.42 Å². The lowest BCUT2D eigenvalue weighted by atomic mass is 10.2. The van der Waals surface area contributed by atoms with Gasteiger partial charge in [-0.1, -0.05) is 31.5 Å². The average Bonchev–Trinajstić information content (AvgIpc) is 3.15. The molecule has 0 aliphatic carbocycles. The number of hydrogen-bond donors (Lipinski definition) is 1. The number of carbonyl (C=O) groups is 2. The standard InChI is InChI=1S/C20H24N2O3/c1-2-3-15-22(17-8-5-4-6-9-17)20(24)13-14-21-19(23)12-11-18-10-7-16-25-18/h4-12,16H,2-3,13-15H2,1H3,(H,21,23)/b12-11+. The van der Waals surface area contributed by atoms with Gasteiger partial charge in [0.05, 0.1) is 6.26 Å². The summed E-state index contributed by atoms with van der Waals surface area (Å²) in [4.78, 5) is 26.1. The van der Waals surface area contributed by atoms with Crippen LogP contribution in [0.25, 0.3) is 6.08 Å². The van der Waals surface area contributed by atoms with Crippen LogP contribution in [-0.4, -0.2) is 24.9 Å². The second kappa shape index (κ2) is 10.1. The van der Waals surface area contributed by atoms with Crippen molar-refractivity contribution in [1.29, 1.82) is 0 Å². The third kappa shape index (κ3) is 6.30. The quantitative estimate of drug-likeness (QED) is 0.709. The molecule has 0 spiro atoms. The predicted molar refractivity (Wildman–Crippen MR) is 99.1 cm³/mol. The lowest BCUT2D eigenvalue weighted by Gasteiger charge is -2.22. The summed E-state index contributed by atoms with van der Waals surface area (Å²) >= 11 is 0. The van der Waals surface area contributed by atoms with E-state index in [-0.39, 0.29) is 18.2 Å². The van der Waals surface area contributed by atoms with Gasteiger partial charge in [-0.2, -0.15) is 0 Å². The number of hydrogen-bond acceptors (Lipinski definition) is 3. The van der Waals surface area contributed by atoms with E-state index in [0.717, 1.165) is 18.5 Å². The van der Waals surface area contributed by atoms with Crippen LogP contribution in [0.5, 0.6) is 0 Å². The highest BCUT2D eigenvalue weighted by Gasteiger charge is 2.14. The number of nitrogens with zero attached hydrogens (tertiary/aromatic N) is 1. The fourth-order valence-corrected chi connectivity index (χ4v) is 2.35. The van der Waals surface area contributed by atoms with Crippen LogP contribution in [0.15, 0.2) is 59.2 Å². The summed E-state index contributed by atoms with van der Waals surface area (Å²) in [6.45, 7) is 3.08. The van der Waals surface area contributed by atoms with Crippen LogP contribution in [0.2, 0.25) is 0 Å². The van der Waals surface area contributed by atoms with Crippen LogP contribution >= 0.6 is 0 Å². The highest BCUT2D eigenvalue weighted by molar-refractivity contribution is 5.94. The minimum Gasteiger partial charge on any atom is -0.465 e. The highest BCUT2D eigenvalue weighted by atomic mass is 16.3. The number of para-hydroxylation sites is 1. The van der Waals surface area contributed by atoms with E-state index in [0.29, 0.717) is 18.8 Å². The Morgan fingerprint density at radius 2 is 1.96 bits per heavy atom. The smallest absolute Gasteiger partial charge is 0.244 e. The molecule has 1 aromatic carbocycles. The topological polar surface area (TPSA) is 62.6 Å². The van der Waals surface area contributed by atoms with E-state index < -0.39 is 0 Å². The Morgan fingerprint density at radius 3 is 2.64 bits per heavy atom. The molecule has 0 atom stereocenters. The molecule has 0 radical (unpaired) electrons. The molecule has 0 aliphatic rings. The maximum Gasteiger partial charge on any atom is 0.244 e. The Balaban J connectivity index is 1.83. The molecule has 0 unspecified atom stereocenters. The SMILES string of the molecule is CCCCN(C(=O)CCNC(=O)/C=C/c1ccco1)c1ccccc1. The van der Waals surface area contributed by atoms with E-state index in [1.165, 1.54) is 6.08 Å². The first-order chi connectivity index (χ1) is 12.2. The molecule has 25 heavy (non-hydrogen) atoms. The van der Waals surface area contributed by atoms with Crippen LogP contribution in [0, 0.1) is 0 Å². The molecule has 132 valence electrons. The van der Waals surface area contributed by atoms with E-state index in [1.54, 1.807) is 29.4 Å². The minimum absolute atomic E-state index is 0.00923. The van der Waals surface area contributed by atoms with Gasteiger partial charge in [-0.25, -0.2) is 0 Å². The summed E-state index contributed by atoms with van der Waals surface area (Å²) in [5.41, 5.74) is 0.894. The fourth-order valence-electron chi connectivity index (χ4n) is 2.35. The van der Waals surface area contributed by atoms with Gasteiger partial charge in [0.1, 0.15) is 5.76 Å². The van der Waals surface area contributed by atoms with Crippen molar-refractivity contribution in [3.05, 3.63) is 60.6 Å². The maximum absolute atomic E-state index is 12.5. The number of benzene rings is 1. The minimum atomic E-state index is -0.246. The molecule has 1 heterocycles.